The number of nitrogens with one attached hydrogen (secondary N) is 2. The summed E-state index contributed by atoms with van der Waals surface area (Å²) in [6, 6.07) is 45.9. The Balaban J connectivity index is 1.20. The van der Waals surface area contributed by atoms with Crippen LogP contribution in [-0.4, -0.2) is 10.8 Å². The predicted molar refractivity (Wildman–Crippen MR) is 188 cm³/mol. The van der Waals surface area contributed by atoms with E-state index in [2.05, 4.69) is 114 Å². The van der Waals surface area contributed by atoms with Gasteiger partial charge in [-0.05, 0) is 63.0 Å². The summed E-state index contributed by atoms with van der Waals surface area (Å²) in [5, 5.41) is 14.7. The molecule has 0 aliphatic carbocycles. The van der Waals surface area contributed by atoms with E-state index in [0.29, 0.717) is 5.02 Å². The molecule has 0 bridgehead atoms. The minimum atomic E-state index is -0.230. The van der Waals surface area contributed by atoms with Crippen molar-refractivity contribution in [3.8, 4) is 11.3 Å². The fourth-order valence-corrected chi connectivity index (χ4v) is 6.83. The SMILES string of the molecule is Clc1ccc2c(c1)oc1ccnc(-c3ccc(C4=NC(c5ccccc5)NC(c5ccc6ccccc6c5)N4)c4ccccc34)c12. The first-order valence-electron chi connectivity index (χ1n) is 15.3. The minimum Gasteiger partial charge on any atom is -0.456 e. The summed E-state index contributed by atoms with van der Waals surface area (Å²) in [5.41, 5.74) is 6.72. The van der Waals surface area contributed by atoms with Gasteiger partial charge in [-0.2, -0.15) is 0 Å². The highest BCUT2D eigenvalue weighted by Crippen LogP contribution is 2.40. The van der Waals surface area contributed by atoms with Crippen molar-refractivity contribution in [2.24, 2.45) is 4.99 Å². The maximum Gasteiger partial charge on any atom is 0.139 e. The lowest BCUT2D eigenvalue weighted by Gasteiger charge is -2.32. The lowest BCUT2D eigenvalue weighted by atomic mass is 9.94. The molecule has 0 saturated carbocycles. The summed E-state index contributed by atoms with van der Waals surface area (Å²) < 4.78 is 6.20. The molecule has 1 aliphatic heterocycles. The van der Waals surface area contributed by atoms with Crippen LogP contribution in [0, 0.1) is 0 Å². The van der Waals surface area contributed by atoms with Gasteiger partial charge in [0, 0.05) is 33.8 Å². The molecule has 46 heavy (non-hydrogen) atoms. The average Bonchev–Trinajstić information content (AvgIpc) is 3.49. The molecule has 2 atom stereocenters. The van der Waals surface area contributed by atoms with Crippen molar-refractivity contribution in [2.75, 3.05) is 0 Å². The lowest BCUT2D eigenvalue weighted by molar-refractivity contribution is 0.409. The summed E-state index contributed by atoms with van der Waals surface area (Å²) in [6.45, 7) is 0. The van der Waals surface area contributed by atoms with Gasteiger partial charge in [-0.25, -0.2) is 4.99 Å². The van der Waals surface area contributed by atoms with Gasteiger partial charge in [-0.15, -0.1) is 0 Å². The van der Waals surface area contributed by atoms with Crippen molar-refractivity contribution in [1.29, 1.82) is 0 Å². The normalized spacial score (nSPS) is 16.6. The Morgan fingerprint density at radius 3 is 2.24 bits per heavy atom. The van der Waals surface area contributed by atoms with E-state index in [0.717, 1.165) is 66.5 Å². The molecule has 1 aliphatic rings. The monoisotopic (exact) mass is 614 g/mol. The zero-order chi connectivity index (χ0) is 30.6. The van der Waals surface area contributed by atoms with E-state index >= 15 is 0 Å². The van der Waals surface area contributed by atoms with Gasteiger partial charge >= 0.3 is 0 Å². The van der Waals surface area contributed by atoms with Crippen LogP contribution in [-0.2, 0) is 0 Å². The van der Waals surface area contributed by atoms with Crippen molar-refractivity contribution >= 4 is 60.9 Å². The van der Waals surface area contributed by atoms with Crippen LogP contribution in [0.25, 0.3) is 54.7 Å². The third kappa shape index (κ3) is 4.52. The van der Waals surface area contributed by atoms with Crippen LogP contribution in [0.5, 0.6) is 0 Å². The second-order valence-electron chi connectivity index (χ2n) is 11.6. The van der Waals surface area contributed by atoms with E-state index in [1.165, 1.54) is 10.8 Å². The van der Waals surface area contributed by atoms with Crippen molar-refractivity contribution in [2.45, 2.75) is 12.3 Å². The maximum atomic E-state index is 6.30. The number of aliphatic imine (C=N–C) groups is 1. The number of pyridine rings is 1. The van der Waals surface area contributed by atoms with Gasteiger partial charge in [-0.3, -0.25) is 10.3 Å². The molecule has 5 nitrogen and oxygen atoms in total. The molecule has 220 valence electrons. The minimum absolute atomic E-state index is 0.153. The zero-order valence-electron chi connectivity index (χ0n) is 24.6. The fourth-order valence-electron chi connectivity index (χ4n) is 6.67. The largest absolute Gasteiger partial charge is 0.456 e. The van der Waals surface area contributed by atoms with Gasteiger partial charge in [0.05, 0.1) is 11.1 Å². The van der Waals surface area contributed by atoms with Crippen molar-refractivity contribution < 1.29 is 4.42 Å². The summed E-state index contributed by atoms with van der Waals surface area (Å²) in [5.74, 6) is 0.836. The highest BCUT2D eigenvalue weighted by Gasteiger charge is 2.27. The molecule has 2 N–H and O–H groups in total. The van der Waals surface area contributed by atoms with Gasteiger partial charge in [0.2, 0.25) is 0 Å². The Labute approximate surface area is 270 Å². The molecular weight excluding hydrogens is 588 g/mol. The highest BCUT2D eigenvalue weighted by molar-refractivity contribution is 6.31. The molecule has 0 spiro atoms. The molecule has 6 heteroatoms. The molecule has 3 heterocycles. The summed E-state index contributed by atoms with van der Waals surface area (Å²) in [6.07, 6.45) is 1.42. The highest BCUT2D eigenvalue weighted by atomic mass is 35.5. The Morgan fingerprint density at radius 1 is 0.609 bits per heavy atom. The maximum absolute atomic E-state index is 6.30. The standard InChI is InChI=1S/C40H27ClN4O/c41-28-16-17-33-35(23-28)46-34-20-21-42-37(36(33)34)31-18-19-32(30-13-7-6-12-29(30)31)40-44-38(25-9-2-1-3-10-25)43-39(45-40)27-15-14-24-8-4-5-11-26(24)22-27/h1-23,38-39,43H,(H,44,45). The number of fused-ring (bicyclic) bond motifs is 5. The van der Waals surface area contributed by atoms with Gasteiger partial charge < -0.3 is 9.73 Å². The quantitative estimate of drug-likeness (QED) is 0.207. The first-order chi connectivity index (χ1) is 22.7. The number of hydrogen-bond donors (Lipinski definition) is 2. The number of aromatic nitrogens is 1. The van der Waals surface area contributed by atoms with E-state index in [1.807, 2.05) is 30.3 Å². The van der Waals surface area contributed by atoms with Gasteiger partial charge in [0.1, 0.15) is 29.3 Å². The summed E-state index contributed by atoms with van der Waals surface area (Å²) in [7, 11) is 0. The third-order valence-electron chi connectivity index (χ3n) is 8.87. The predicted octanol–water partition coefficient (Wildman–Crippen LogP) is 9.94. The number of benzene rings is 6. The van der Waals surface area contributed by atoms with Crippen LogP contribution < -0.4 is 10.6 Å². The Morgan fingerprint density at radius 2 is 1.37 bits per heavy atom. The zero-order valence-corrected chi connectivity index (χ0v) is 25.4. The number of hydrogen-bond acceptors (Lipinski definition) is 5. The van der Waals surface area contributed by atoms with Crippen molar-refractivity contribution in [1.82, 2.24) is 15.6 Å². The van der Waals surface area contributed by atoms with E-state index in [4.69, 9.17) is 26.0 Å². The average molecular weight is 615 g/mol. The molecule has 6 aromatic carbocycles. The van der Waals surface area contributed by atoms with E-state index in [9.17, 15) is 0 Å². The molecule has 0 fully saturated rings. The number of rotatable bonds is 4. The molecule has 2 aromatic heterocycles. The van der Waals surface area contributed by atoms with Gasteiger partial charge in [-0.1, -0.05) is 109 Å². The van der Waals surface area contributed by atoms with Crippen LogP contribution in [0.1, 0.15) is 29.0 Å². The summed E-state index contributed by atoms with van der Waals surface area (Å²) >= 11 is 6.30. The van der Waals surface area contributed by atoms with Crippen molar-refractivity contribution in [3.63, 3.8) is 0 Å². The first kappa shape index (κ1) is 26.9. The molecule has 8 aromatic rings. The van der Waals surface area contributed by atoms with Crippen LogP contribution in [0.2, 0.25) is 5.02 Å². The van der Waals surface area contributed by atoms with Crippen LogP contribution in [0.3, 0.4) is 0 Å². The Kier molecular flexibility index (Phi) is 6.33. The van der Waals surface area contributed by atoms with E-state index in [-0.39, 0.29) is 12.3 Å². The molecule has 2 unspecified atom stereocenters. The topological polar surface area (TPSA) is 62.5 Å². The molecule has 9 rings (SSSR count). The van der Waals surface area contributed by atoms with E-state index < -0.39 is 0 Å². The molecule has 0 amide bonds. The lowest BCUT2D eigenvalue weighted by Crippen LogP contribution is -2.45. The molecule has 0 saturated heterocycles. The second-order valence-corrected chi connectivity index (χ2v) is 12.1. The van der Waals surface area contributed by atoms with Gasteiger partial charge in [0.15, 0.2) is 0 Å². The third-order valence-corrected chi connectivity index (χ3v) is 9.10. The second kappa shape index (κ2) is 10.8. The number of nitrogens with zero attached hydrogens (tertiary/aromatic N) is 2. The summed E-state index contributed by atoms with van der Waals surface area (Å²) in [4.78, 5) is 10.1. The Hall–Kier alpha value is -5.49. The Bertz CT molecular complexity index is 2470. The molecular formula is C40H27ClN4O. The number of furan rings is 1. The molecule has 0 radical (unpaired) electrons. The van der Waals surface area contributed by atoms with Crippen molar-refractivity contribution in [3.05, 3.63) is 161 Å². The van der Waals surface area contributed by atoms with Crippen LogP contribution in [0.4, 0.5) is 0 Å². The fraction of sp³-hybridized carbons (Fsp3) is 0.0500. The van der Waals surface area contributed by atoms with Gasteiger partial charge in [0.25, 0.3) is 0 Å². The van der Waals surface area contributed by atoms with E-state index in [1.54, 1.807) is 6.20 Å². The van der Waals surface area contributed by atoms with Crippen LogP contribution in [0.15, 0.2) is 149 Å². The number of amidine groups is 1. The number of halogens is 1. The smallest absolute Gasteiger partial charge is 0.139 e. The first-order valence-corrected chi connectivity index (χ1v) is 15.7. The van der Waals surface area contributed by atoms with Crippen LogP contribution >= 0.6 is 11.6 Å².